The zero-order chi connectivity index (χ0) is 11.7. The highest BCUT2D eigenvalue weighted by molar-refractivity contribution is 5.86. The Bertz CT molecular complexity index is 396. The van der Waals surface area contributed by atoms with E-state index in [2.05, 4.69) is 19.2 Å². The Morgan fingerprint density at radius 2 is 2.38 bits per heavy atom. The first kappa shape index (κ1) is 11.2. The summed E-state index contributed by atoms with van der Waals surface area (Å²) in [6.45, 7) is 5.96. The molecule has 0 bridgehead atoms. The molecule has 1 aromatic heterocycles. The van der Waals surface area contributed by atoms with Crippen LogP contribution in [0.15, 0.2) is 12.1 Å². The molecule has 0 amide bonds. The second kappa shape index (κ2) is 4.29. The number of nitrogens with one attached hydrogen (secondary N) is 1. The molecule has 0 aromatic carbocycles. The predicted octanol–water partition coefficient (Wildman–Crippen LogP) is 1.88. The summed E-state index contributed by atoms with van der Waals surface area (Å²) in [5.41, 5.74) is 1.52. The van der Waals surface area contributed by atoms with Crippen LogP contribution in [0.2, 0.25) is 0 Å². The summed E-state index contributed by atoms with van der Waals surface area (Å²) in [6.07, 6.45) is 1.04. The normalized spacial score (nSPS) is 19.8. The van der Waals surface area contributed by atoms with Crippen LogP contribution in [-0.2, 0) is 6.54 Å². The van der Waals surface area contributed by atoms with E-state index in [1.807, 2.05) is 10.6 Å². The zero-order valence-corrected chi connectivity index (χ0v) is 9.73. The number of carboxylic acids is 1. The number of carbonyl (C=O) groups is 1. The van der Waals surface area contributed by atoms with E-state index in [1.165, 1.54) is 0 Å². The molecule has 0 saturated heterocycles. The zero-order valence-electron chi connectivity index (χ0n) is 9.73. The van der Waals surface area contributed by atoms with E-state index in [-0.39, 0.29) is 0 Å². The van der Waals surface area contributed by atoms with Gasteiger partial charge >= 0.3 is 5.97 Å². The lowest BCUT2D eigenvalue weighted by Crippen LogP contribution is -2.34. The average molecular weight is 222 g/mol. The molecule has 0 saturated carbocycles. The molecule has 2 N–H and O–H groups in total. The van der Waals surface area contributed by atoms with Gasteiger partial charge in [-0.1, -0.05) is 13.8 Å². The molecule has 0 spiro atoms. The Hall–Kier alpha value is -1.29. The van der Waals surface area contributed by atoms with E-state index in [1.54, 1.807) is 6.07 Å². The second-order valence-electron chi connectivity index (χ2n) is 4.74. The van der Waals surface area contributed by atoms with E-state index in [9.17, 15) is 4.79 Å². The maximum atomic E-state index is 11.0. The van der Waals surface area contributed by atoms with Crippen LogP contribution in [0.3, 0.4) is 0 Å². The van der Waals surface area contributed by atoms with E-state index >= 15 is 0 Å². The maximum absolute atomic E-state index is 11.0. The van der Waals surface area contributed by atoms with Gasteiger partial charge in [0, 0.05) is 24.8 Å². The largest absolute Gasteiger partial charge is 0.477 e. The van der Waals surface area contributed by atoms with Crippen molar-refractivity contribution in [2.75, 3.05) is 6.54 Å². The number of hydrogen-bond acceptors (Lipinski definition) is 2. The Morgan fingerprint density at radius 1 is 1.62 bits per heavy atom. The van der Waals surface area contributed by atoms with Crippen LogP contribution in [0.5, 0.6) is 0 Å². The van der Waals surface area contributed by atoms with Gasteiger partial charge in [0.2, 0.25) is 0 Å². The van der Waals surface area contributed by atoms with Gasteiger partial charge in [0.15, 0.2) is 0 Å². The fraction of sp³-hybridized carbons (Fsp3) is 0.583. The van der Waals surface area contributed by atoms with E-state index < -0.39 is 5.97 Å². The molecule has 4 heteroatoms. The van der Waals surface area contributed by atoms with Crippen molar-refractivity contribution in [3.8, 4) is 0 Å². The maximum Gasteiger partial charge on any atom is 0.352 e. The minimum Gasteiger partial charge on any atom is -0.477 e. The first-order chi connectivity index (χ1) is 7.59. The van der Waals surface area contributed by atoms with Crippen LogP contribution in [0.1, 0.15) is 42.5 Å². The van der Waals surface area contributed by atoms with Crippen LogP contribution in [0.25, 0.3) is 0 Å². The van der Waals surface area contributed by atoms with Gasteiger partial charge in [-0.05, 0) is 24.5 Å². The van der Waals surface area contributed by atoms with E-state index in [4.69, 9.17) is 5.11 Å². The van der Waals surface area contributed by atoms with Crippen molar-refractivity contribution in [3.05, 3.63) is 23.5 Å². The number of rotatable bonds is 3. The molecule has 2 heterocycles. The number of aromatic carboxylic acids is 1. The van der Waals surface area contributed by atoms with Crippen molar-refractivity contribution < 1.29 is 9.90 Å². The molecule has 1 unspecified atom stereocenters. The highest BCUT2D eigenvalue weighted by atomic mass is 16.4. The van der Waals surface area contributed by atoms with Crippen LogP contribution >= 0.6 is 0 Å². The molecule has 88 valence electrons. The summed E-state index contributed by atoms with van der Waals surface area (Å²) >= 11 is 0. The SMILES string of the molecule is CC(C)CC1NCCn2c(C(=O)O)ccc21. The van der Waals surface area contributed by atoms with Gasteiger partial charge in [0.25, 0.3) is 0 Å². The second-order valence-corrected chi connectivity index (χ2v) is 4.74. The highest BCUT2D eigenvalue weighted by Gasteiger charge is 2.24. The molecule has 16 heavy (non-hydrogen) atoms. The molecule has 0 radical (unpaired) electrons. The Labute approximate surface area is 95.3 Å². The minimum absolute atomic E-state index is 0.293. The molecular weight excluding hydrogens is 204 g/mol. The third-order valence-electron chi connectivity index (χ3n) is 3.02. The van der Waals surface area contributed by atoms with Crippen molar-refractivity contribution in [2.45, 2.75) is 32.9 Å². The molecule has 4 nitrogen and oxygen atoms in total. The van der Waals surface area contributed by atoms with Gasteiger partial charge in [0.05, 0.1) is 0 Å². The van der Waals surface area contributed by atoms with Gasteiger partial charge < -0.3 is 15.0 Å². The number of hydrogen-bond donors (Lipinski definition) is 2. The lowest BCUT2D eigenvalue weighted by atomic mass is 10.00. The molecular formula is C12H18N2O2. The fourth-order valence-electron chi connectivity index (χ4n) is 2.35. The smallest absolute Gasteiger partial charge is 0.352 e. The molecule has 2 rings (SSSR count). The summed E-state index contributed by atoms with van der Waals surface area (Å²) in [6, 6.07) is 3.93. The van der Waals surface area contributed by atoms with Crippen LogP contribution < -0.4 is 5.32 Å². The quantitative estimate of drug-likeness (QED) is 0.821. The first-order valence-corrected chi connectivity index (χ1v) is 5.75. The lowest BCUT2D eigenvalue weighted by Gasteiger charge is -2.28. The van der Waals surface area contributed by atoms with Gasteiger partial charge in [-0.25, -0.2) is 4.79 Å². The Balaban J connectivity index is 2.30. The standard InChI is InChI=1S/C12H18N2O2/c1-8(2)7-9-10-3-4-11(12(15)16)14(10)6-5-13-9/h3-4,8-9,13H,5-7H2,1-2H3,(H,15,16). The van der Waals surface area contributed by atoms with Crippen molar-refractivity contribution >= 4 is 5.97 Å². The van der Waals surface area contributed by atoms with Gasteiger partial charge in [-0.15, -0.1) is 0 Å². The monoisotopic (exact) mass is 222 g/mol. The molecule has 1 aliphatic heterocycles. The van der Waals surface area contributed by atoms with E-state index in [0.717, 1.165) is 25.2 Å². The third kappa shape index (κ3) is 1.97. The molecule has 1 atom stereocenters. The van der Waals surface area contributed by atoms with Crippen molar-refractivity contribution in [1.29, 1.82) is 0 Å². The van der Waals surface area contributed by atoms with Crippen molar-refractivity contribution in [2.24, 2.45) is 5.92 Å². The topological polar surface area (TPSA) is 54.3 Å². The highest BCUT2D eigenvalue weighted by Crippen LogP contribution is 2.26. The third-order valence-corrected chi connectivity index (χ3v) is 3.02. The summed E-state index contributed by atoms with van der Waals surface area (Å²) in [7, 11) is 0. The number of nitrogens with zero attached hydrogens (tertiary/aromatic N) is 1. The molecule has 0 fully saturated rings. The van der Waals surface area contributed by atoms with Gasteiger partial charge in [-0.3, -0.25) is 0 Å². The van der Waals surface area contributed by atoms with Gasteiger partial charge in [0.1, 0.15) is 5.69 Å². The number of carboxylic acid groups (broad SMARTS) is 1. The van der Waals surface area contributed by atoms with Gasteiger partial charge in [-0.2, -0.15) is 0 Å². The summed E-state index contributed by atoms with van der Waals surface area (Å²) in [4.78, 5) is 11.0. The summed E-state index contributed by atoms with van der Waals surface area (Å²) < 4.78 is 1.92. The fourth-order valence-corrected chi connectivity index (χ4v) is 2.35. The Kier molecular flexibility index (Phi) is 3.01. The molecule has 0 aliphatic carbocycles. The minimum atomic E-state index is -0.837. The summed E-state index contributed by atoms with van der Waals surface area (Å²) in [5, 5.41) is 12.5. The summed E-state index contributed by atoms with van der Waals surface area (Å²) in [5.74, 6) is -0.233. The lowest BCUT2D eigenvalue weighted by molar-refractivity contribution is 0.0683. The van der Waals surface area contributed by atoms with E-state index in [0.29, 0.717) is 17.7 Å². The van der Waals surface area contributed by atoms with Crippen molar-refractivity contribution in [1.82, 2.24) is 9.88 Å². The number of fused-ring (bicyclic) bond motifs is 1. The average Bonchev–Trinajstić information content (AvgIpc) is 2.61. The van der Waals surface area contributed by atoms with Crippen LogP contribution in [0.4, 0.5) is 0 Å². The Morgan fingerprint density at radius 3 is 3.00 bits per heavy atom. The predicted molar refractivity (Wildman–Crippen MR) is 61.6 cm³/mol. The number of aromatic nitrogens is 1. The van der Waals surface area contributed by atoms with Crippen molar-refractivity contribution in [3.63, 3.8) is 0 Å². The molecule has 1 aromatic rings. The first-order valence-electron chi connectivity index (χ1n) is 5.75. The molecule has 1 aliphatic rings. The van der Waals surface area contributed by atoms with Crippen LogP contribution in [0, 0.1) is 5.92 Å². The van der Waals surface area contributed by atoms with Crippen LogP contribution in [-0.4, -0.2) is 22.2 Å².